The molecule has 0 aliphatic rings. The van der Waals surface area contributed by atoms with Gasteiger partial charge in [0.1, 0.15) is 0 Å². The van der Waals surface area contributed by atoms with E-state index in [1.807, 2.05) is 13.8 Å². The van der Waals surface area contributed by atoms with Crippen LogP contribution in [0.5, 0.6) is 11.5 Å². The highest BCUT2D eigenvalue weighted by atomic mass is 16.5. The van der Waals surface area contributed by atoms with Crippen molar-refractivity contribution >= 4 is 5.97 Å². The van der Waals surface area contributed by atoms with Gasteiger partial charge in [0.2, 0.25) is 0 Å². The summed E-state index contributed by atoms with van der Waals surface area (Å²) in [5, 5.41) is 9.76. The second-order valence-corrected chi connectivity index (χ2v) is 4.68. The zero-order valence-electron chi connectivity index (χ0n) is 11.3. The average Bonchev–Trinajstić information content (AvgIpc) is 2.20. The van der Waals surface area contributed by atoms with Crippen molar-refractivity contribution in [2.45, 2.75) is 46.3 Å². The van der Waals surface area contributed by atoms with Crippen LogP contribution in [0, 0.1) is 0 Å². The van der Waals surface area contributed by atoms with Gasteiger partial charge in [0.05, 0.1) is 18.6 Å². The number of phenolic OH excluding ortho intramolecular Hbond substituents is 1. The van der Waals surface area contributed by atoms with Crippen molar-refractivity contribution < 1.29 is 19.4 Å². The van der Waals surface area contributed by atoms with Gasteiger partial charge in [-0.3, -0.25) is 4.79 Å². The zero-order chi connectivity index (χ0) is 13.7. The summed E-state index contributed by atoms with van der Waals surface area (Å²) >= 11 is 0. The van der Waals surface area contributed by atoms with Gasteiger partial charge in [-0.05, 0) is 45.4 Å². The van der Waals surface area contributed by atoms with E-state index < -0.39 is 0 Å². The van der Waals surface area contributed by atoms with Gasteiger partial charge in [-0.25, -0.2) is 0 Å². The Balaban J connectivity index is 2.69. The fourth-order valence-electron chi connectivity index (χ4n) is 1.50. The molecule has 0 unspecified atom stereocenters. The lowest BCUT2D eigenvalue weighted by molar-refractivity contribution is -0.146. The molecule has 0 aliphatic carbocycles. The van der Waals surface area contributed by atoms with Gasteiger partial charge in [0.15, 0.2) is 11.5 Å². The van der Waals surface area contributed by atoms with Crippen molar-refractivity contribution in [1.82, 2.24) is 0 Å². The maximum atomic E-state index is 11.5. The molecule has 0 amide bonds. The summed E-state index contributed by atoms with van der Waals surface area (Å²) < 4.78 is 10.4. The minimum absolute atomic E-state index is 0.00680. The molecule has 0 bridgehead atoms. The van der Waals surface area contributed by atoms with Gasteiger partial charge >= 0.3 is 5.97 Å². The third kappa shape index (κ3) is 4.65. The summed E-state index contributed by atoms with van der Waals surface area (Å²) in [7, 11) is 0. The van der Waals surface area contributed by atoms with E-state index in [1.165, 1.54) is 6.07 Å². The molecule has 18 heavy (non-hydrogen) atoms. The van der Waals surface area contributed by atoms with Crippen molar-refractivity contribution in [2.75, 3.05) is 0 Å². The van der Waals surface area contributed by atoms with E-state index in [-0.39, 0.29) is 30.3 Å². The van der Waals surface area contributed by atoms with Crippen LogP contribution in [0.1, 0.15) is 33.3 Å². The topological polar surface area (TPSA) is 55.8 Å². The molecular formula is C14H20O4. The molecule has 0 saturated heterocycles. The van der Waals surface area contributed by atoms with Gasteiger partial charge in [-0.1, -0.05) is 6.07 Å². The van der Waals surface area contributed by atoms with E-state index in [9.17, 15) is 9.90 Å². The van der Waals surface area contributed by atoms with Crippen LogP contribution in [0.2, 0.25) is 0 Å². The molecule has 4 nitrogen and oxygen atoms in total. The molecule has 0 heterocycles. The minimum atomic E-state index is -0.304. The van der Waals surface area contributed by atoms with Crippen LogP contribution in [-0.4, -0.2) is 23.3 Å². The van der Waals surface area contributed by atoms with Gasteiger partial charge in [0.25, 0.3) is 0 Å². The Morgan fingerprint density at radius 1 is 1.22 bits per heavy atom. The third-order valence-electron chi connectivity index (χ3n) is 2.10. The Morgan fingerprint density at radius 2 is 1.89 bits per heavy atom. The van der Waals surface area contributed by atoms with E-state index in [2.05, 4.69) is 0 Å². The third-order valence-corrected chi connectivity index (χ3v) is 2.10. The number of hydrogen-bond acceptors (Lipinski definition) is 4. The van der Waals surface area contributed by atoms with Crippen molar-refractivity contribution in [1.29, 1.82) is 0 Å². The number of carbonyl (C=O) groups is 1. The smallest absolute Gasteiger partial charge is 0.310 e. The first-order chi connectivity index (χ1) is 8.38. The first-order valence-electron chi connectivity index (χ1n) is 6.06. The molecule has 1 N–H and O–H groups in total. The molecule has 1 rings (SSSR count). The molecule has 0 spiro atoms. The first-order valence-corrected chi connectivity index (χ1v) is 6.06. The van der Waals surface area contributed by atoms with Crippen LogP contribution >= 0.6 is 0 Å². The fraction of sp³-hybridized carbons (Fsp3) is 0.500. The normalized spacial score (nSPS) is 10.8. The van der Waals surface area contributed by atoms with Crippen LogP contribution in [0.3, 0.4) is 0 Å². The summed E-state index contributed by atoms with van der Waals surface area (Å²) in [6.45, 7) is 7.37. The van der Waals surface area contributed by atoms with Gasteiger partial charge < -0.3 is 14.6 Å². The van der Waals surface area contributed by atoms with E-state index >= 15 is 0 Å². The summed E-state index contributed by atoms with van der Waals surface area (Å²) in [6, 6.07) is 4.94. The van der Waals surface area contributed by atoms with Crippen LogP contribution in [0.4, 0.5) is 0 Å². The SMILES string of the molecule is CC(C)OC(=O)Cc1ccc(OC(C)C)c(O)c1. The molecule has 0 fully saturated rings. The molecule has 100 valence electrons. The highest BCUT2D eigenvalue weighted by Crippen LogP contribution is 2.28. The maximum absolute atomic E-state index is 11.5. The molecule has 0 radical (unpaired) electrons. The predicted molar refractivity (Wildman–Crippen MR) is 68.8 cm³/mol. The number of aromatic hydroxyl groups is 1. The number of carbonyl (C=O) groups excluding carboxylic acids is 1. The van der Waals surface area contributed by atoms with E-state index in [4.69, 9.17) is 9.47 Å². The number of hydrogen-bond donors (Lipinski definition) is 1. The molecule has 0 aliphatic heterocycles. The predicted octanol–water partition coefficient (Wildman–Crippen LogP) is 2.67. The van der Waals surface area contributed by atoms with Crippen LogP contribution in [0.15, 0.2) is 18.2 Å². The Labute approximate surface area is 108 Å². The number of rotatable bonds is 5. The van der Waals surface area contributed by atoms with Crippen LogP contribution in [0.25, 0.3) is 0 Å². The zero-order valence-corrected chi connectivity index (χ0v) is 11.3. The lowest BCUT2D eigenvalue weighted by Crippen LogP contribution is -2.13. The quantitative estimate of drug-likeness (QED) is 0.818. The van der Waals surface area contributed by atoms with Gasteiger partial charge in [-0.2, -0.15) is 0 Å². The van der Waals surface area contributed by atoms with Crippen molar-refractivity contribution in [3.8, 4) is 11.5 Å². The second kappa shape index (κ2) is 6.28. The summed E-state index contributed by atoms with van der Waals surface area (Å²) in [4.78, 5) is 11.5. The molecule has 1 aromatic carbocycles. The lowest BCUT2D eigenvalue weighted by Gasteiger charge is -2.12. The molecule has 0 aromatic heterocycles. The highest BCUT2D eigenvalue weighted by molar-refractivity contribution is 5.73. The molecule has 0 atom stereocenters. The largest absolute Gasteiger partial charge is 0.504 e. The second-order valence-electron chi connectivity index (χ2n) is 4.68. The van der Waals surface area contributed by atoms with Crippen molar-refractivity contribution in [2.24, 2.45) is 0 Å². The Kier molecular flexibility index (Phi) is 5.01. The van der Waals surface area contributed by atoms with Crippen molar-refractivity contribution in [3.05, 3.63) is 23.8 Å². The van der Waals surface area contributed by atoms with E-state index in [0.29, 0.717) is 11.3 Å². The number of phenols is 1. The highest BCUT2D eigenvalue weighted by Gasteiger charge is 2.10. The van der Waals surface area contributed by atoms with Gasteiger partial charge in [-0.15, -0.1) is 0 Å². The molecular weight excluding hydrogens is 232 g/mol. The number of ether oxygens (including phenoxy) is 2. The summed E-state index contributed by atoms with van der Waals surface area (Å²) in [6.07, 6.45) is 0.00977. The average molecular weight is 252 g/mol. The molecule has 0 saturated carbocycles. The Bertz CT molecular complexity index is 410. The summed E-state index contributed by atoms with van der Waals surface area (Å²) in [5.74, 6) is 0.159. The standard InChI is InChI=1S/C14H20O4/c1-9(2)17-13-6-5-11(7-12(13)15)8-14(16)18-10(3)4/h5-7,9-10,15H,8H2,1-4H3. The number of benzene rings is 1. The first kappa shape index (κ1) is 14.4. The van der Waals surface area contributed by atoms with E-state index in [0.717, 1.165) is 0 Å². The van der Waals surface area contributed by atoms with E-state index in [1.54, 1.807) is 26.0 Å². The summed E-state index contributed by atoms with van der Waals surface area (Å²) in [5.41, 5.74) is 0.703. The van der Waals surface area contributed by atoms with Crippen molar-refractivity contribution in [3.63, 3.8) is 0 Å². The Hall–Kier alpha value is -1.71. The van der Waals surface area contributed by atoms with Crippen LogP contribution in [-0.2, 0) is 16.0 Å². The molecule has 1 aromatic rings. The minimum Gasteiger partial charge on any atom is -0.504 e. The van der Waals surface area contributed by atoms with Gasteiger partial charge in [0, 0.05) is 0 Å². The molecule has 4 heteroatoms. The monoisotopic (exact) mass is 252 g/mol. The maximum Gasteiger partial charge on any atom is 0.310 e. The van der Waals surface area contributed by atoms with Crippen LogP contribution < -0.4 is 4.74 Å². The fourth-order valence-corrected chi connectivity index (χ4v) is 1.50. The number of esters is 1. The lowest BCUT2D eigenvalue weighted by atomic mass is 10.1. The Morgan fingerprint density at radius 3 is 2.39 bits per heavy atom.